The molecule has 0 radical (unpaired) electrons. The predicted octanol–water partition coefficient (Wildman–Crippen LogP) is 1.22. The van der Waals surface area contributed by atoms with Crippen LogP contribution in [-0.4, -0.2) is 37.6 Å². The molecule has 2 unspecified atom stereocenters. The number of carbonyl (C=O) groups is 2. The zero-order chi connectivity index (χ0) is 14.0. The lowest BCUT2D eigenvalue weighted by molar-refractivity contribution is -0.141. The minimum Gasteiger partial charge on any atom is -0.469 e. The molecule has 0 aromatic heterocycles. The van der Waals surface area contributed by atoms with Gasteiger partial charge in [-0.05, 0) is 20.3 Å². The molecular weight excluding hydrogens is 232 g/mol. The van der Waals surface area contributed by atoms with Crippen LogP contribution in [0.5, 0.6) is 0 Å². The van der Waals surface area contributed by atoms with Crippen molar-refractivity contribution in [3.8, 4) is 0 Å². The SMILES string of the molecule is CCCCCNC(=O)C(C)NC(C)CC(=O)OC. The molecule has 0 aromatic carbocycles. The highest BCUT2D eigenvalue weighted by atomic mass is 16.5. The van der Waals surface area contributed by atoms with E-state index in [0.29, 0.717) is 6.54 Å². The van der Waals surface area contributed by atoms with Gasteiger partial charge in [-0.1, -0.05) is 19.8 Å². The number of nitrogens with one attached hydrogen (secondary N) is 2. The lowest BCUT2D eigenvalue weighted by atomic mass is 10.2. The van der Waals surface area contributed by atoms with Gasteiger partial charge in [0.1, 0.15) is 0 Å². The van der Waals surface area contributed by atoms with Crippen LogP contribution in [0, 0.1) is 0 Å². The molecule has 0 aromatic rings. The summed E-state index contributed by atoms with van der Waals surface area (Å²) in [7, 11) is 1.36. The molecule has 0 fully saturated rings. The number of hydrogen-bond acceptors (Lipinski definition) is 4. The van der Waals surface area contributed by atoms with E-state index < -0.39 is 0 Å². The molecule has 2 N–H and O–H groups in total. The van der Waals surface area contributed by atoms with Gasteiger partial charge in [0.15, 0.2) is 0 Å². The highest BCUT2D eigenvalue weighted by Crippen LogP contribution is 1.96. The zero-order valence-corrected chi connectivity index (χ0v) is 11.9. The smallest absolute Gasteiger partial charge is 0.307 e. The first-order valence-electron chi connectivity index (χ1n) is 6.61. The Morgan fingerprint density at radius 2 is 1.89 bits per heavy atom. The summed E-state index contributed by atoms with van der Waals surface area (Å²) in [6.07, 6.45) is 3.54. The van der Waals surface area contributed by atoms with E-state index in [9.17, 15) is 9.59 Å². The molecule has 0 heterocycles. The van der Waals surface area contributed by atoms with Crippen LogP contribution in [0.2, 0.25) is 0 Å². The Kier molecular flexibility index (Phi) is 9.28. The van der Waals surface area contributed by atoms with Gasteiger partial charge in [-0.2, -0.15) is 0 Å². The minimum atomic E-state index is -0.300. The summed E-state index contributed by atoms with van der Waals surface area (Å²) < 4.78 is 4.58. The number of unbranched alkanes of at least 4 members (excludes halogenated alkanes) is 2. The average Bonchev–Trinajstić information content (AvgIpc) is 2.33. The van der Waals surface area contributed by atoms with E-state index in [1.165, 1.54) is 7.11 Å². The van der Waals surface area contributed by atoms with Crippen LogP contribution >= 0.6 is 0 Å². The summed E-state index contributed by atoms with van der Waals surface area (Å²) in [4.78, 5) is 22.8. The third kappa shape index (κ3) is 8.06. The second-order valence-electron chi connectivity index (χ2n) is 4.57. The molecule has 0 saturated heterocycles. The largest absolute Gasteiger partial charge is 0.469 e. The van der Waals surface area contributed by atoms with E-state index in [0.717, 1.165) is 19.3 Å². The van der Waals surface area contributed by atoms with Crippen LogP contribution in [0.3, 0.4) is 0 Å². The van der Waals surface area contributed by atoms with Gasteiger partial charge in [0, 0.05) is 12.6 Å². The van der Waals surface area contributed by atoms with E-state index in [1.54, 1.807) is 6.92 Å². The number of esters is 1. The zero-order valence-electron chi connectivity index (χ0n) is 11.9. The Morgan fingerprint density at radius 3 is 2.44 bits per heavy atom. The van der Waals surface area contributed by atoms with Crippen LogP contribution in [-0.2, 0) is 14.3 Å². The molecule has 18 heavy (non-hydrogen) atoms. The fourth-order valence-corrected chi connectivity index (χ4v) is 1.63. The van der Waals surface area contributed by atoms with Crippen molar-refractivity contribution in [2.75, 3.05) is 13.7 Å². The van der Waals surface area contributed by atoms with Gasteiger partial charge in [0.25, 0.3) is 0 Å². The van der Waals surface area contributed by atoms with Crippen molar-refractivity contribution in [2.45, 2.75) is 58.5 Å². The molecule has 0 spiro atoms. The molecule has 5 nitrogen and oxygen atoms in total. The van der Waals surface area contributed by atoms with Crippen molar-refractivity contribution in [2.24, 2.45) is 0 Å². The Labute approximate surface area is 110 Å². The predicted molar refractivity (Wildman–Crippen MR) is 71.2 cm³/mol. The number of carbonyl (C=O) groups excluding carboxylic acids is 2. The van der Waals surface area contributed by atoms with Crippen LogP contribution in [0.25, 0.3) is 0 Å². The quantitative estimate of drug-likeness (QED) is 0.482. The standard InChI is InChI=1S/C13H26N2O3/c1-5-6-7-8-14-13(17)11(3)15-10(2)9-12(16)18-4/h10-11,15H,5-9H2,1-4H3,(H,14,17). The van der Waals surface area contributed by atoms with Gasteiger partial charge >= 0.3 is 5.97 Å². The number of hydrogen-bond donors (Lipinski definition) is 2. The summed E-state index contributed by atoms with van der Waals surface area (Å²) in [5.41, 5.74) is 0. The third-order valence-corrected chi connectivity index (χ3v) is 2.71. The number of methoxy groups -OCH3 is 1. The van der Waals surface area contributed by atoms with E-state index in [1.807, 2.05) is 6.92 Å². The van der Waals surface area contributed by atoms with E-state index in [-0.39, 0.29) is 30.4 Å². The maximum absolute atomic E-state index is 11.7. The van der Waals surface area contributed by atoms with Crippen molar-refractivity contribution in [1.29, 1.82) is 0 Å². The van der Waals surface area contributed by atoms with Gasteiger partial charge in [-0.3, -0.25) is 9.59 Å². The summed E-state index contributed by atoms with van der Waals surface area (Å²) in [5, 5.41) is 5.95. The molecule has 0 aliphatic rings. The molecule has 0 aliphatic heterocycles. The molecule has 5 heteroatoms. The van der Waals surface area contributed by atoms with Gasteiger partial charge < -0.3 is 15.4 Å². The van der Waals surface area contributed by atoms with E-state index in [4.69, 9.17) is 0 Å². The Balaban J connectivity index is 3.81. The monoisotopic (exact) mass is 258 g/mol. The Bertz CT molecular complexity index is 257. The summed E-state index contributed by atoms with van der Waals surface area (Å²) in [5.74, 6) is -0.298. The lowest BCUT2D eigenvalue weighted by Gasteiger charge is -2.18. The van der Waals surface area contributed by atoms with Crippen molar-refractivity contribution in [1.82, 2.24) is 10.6 Å². The number of rotatable bonds is 9. The minimum absolute atomic E-state index is 0.0252. The van der Waals surface area contributed by atoms with Gasteiger partial charge in [-0.15, -0.1) is 0 Å². The molecule has 0 rings (SSSR count). The number of ether oxygens (including phenoxy) is 1. The normalized spacial score (nSPS) is 13.8. The lowest BCUT2D eigenvalue weighted by Crippen LogP contribution is -2.46. The van der Waals surface area contributed by atoms with E-state index >= 15 is 0 Å². The molecule has 0 saturated carbocycles. The molecular formula is C13H26N2O3. The second kappa shape index (κ2) is 9.88. The first-order chi connectivity index (χ1) is 8.51. The summed E-state index contributed by atoms with van der Waals surface area (Å²) in [6.45, 7) is 6.49. The molecule has 1 amide bonds. The maximum atomic E-state index is 11.7. The van der Waals surface area contributed by atoms with Crippen LogP contribution < -0.4 is 10.6 Å². The van der Waals surface area contributed by atoms with Crippen LogP contribution in [0.15, 0.2) is 0 Å². The molecule has 0 bridgehead atoms. The highest BCUT2D eigenvalue weighted by molar-refractivity contribution is 5.81. The van der Waals surface area contributed by atoms with Crippen LogP contribution in [0.1, 0.15) is 46.5 Å². The summed E-state index contributed by atoms with van der Waals surface area (Å²) in [6, 6.07) is -0.375. The van der Waals surface area contributed by atoms with Crippen molar-refractivity contribution in [3.05, 3.63) is 0 Å². The first-order valence-corrected chi connectivity index (χ1v) is 6.61. The van der Waals surface area contributed by atoms with Crippen molar-refractivity contribution in [3.63, 3.8) is 0 Å². The van der Waals surface area contributed by atoms with Crippen LogP contribution in [0.4, 0.5) is 0 Å². The van der Waals surface area contributed by atoms with Gasteiger partial charge in [0.2, 0.25) is 5.91 Å². The summed E-state index contributed by atoms with van der Waals surface area (Å²) >= 11 is 0. The average molecular weight is 258 g/mol. The molecule has 106 valence electrons. The first kappa shape index (κ1) is 16.9. The van der Waals surface area contributed by atoms with Gasteiger partial charge in [-0.25, -0.2) is 0 Å². The highest BCUT2D eigenvalue weighted by Gasteiger charge is 2.16. The second-order valence-corrected chi connectivity index (χ2v) is 4.57. The van der Waals surface area contributed by atoms with Crippen molar-refractivity contribution < 1.29 is 14.3 Å². The fraction of sp³-hybridized carbons (Fsp3) is 0.846. The number of amides is 1. The third-order valence-electron chi connectivity index (χ3n) is 2.71. The van der Waals surface area contributed by atoms with Gasteiger partial charge in [0.05, 0.1) is 19.6 Å². The Hall–Kier alpha value is -1.10. The molecule has 2 atom stereocenters. The topological polar surface area (TPSA) is 67.4 Å². The van der Waals surface area contributed by atoms with E-state index in [2.05, 4.69) is 22.3 Å². The van der Waals surface area contributed by atoms with Crippen molar-refractivity contribution >= 4 is 11.9 Å². The maximum Gasteiger partial charge on any atom is 0.307 e. The Morgan fingerprint density at radius 1 is 1.22 bits per heavy atom. The molecule has 0 aliphatic carbocycles. The fourth-order valence-electron chi connectivity index (χ4n) is 1.63.